The normalized spacial score (nSPS) is 20.3. The first-order chi connectivity index (χ1) is 12.1. The Morgan fingerprint density at radius 3 is 3.04 bits per heavy atom. The summed E-state index contributed by atoms with van der Waals surface area (Å²) in [6, 6.07) is 6.85. The Balaban J connectivity index is 1.55. The van der Waals surface area contributed by atoms with Crippen LogP contribution in [0.1, 0.15) is 24.2 Å². The molecule has 1 N–H and O–H groups in total. The van der Waals surface area contributed by atoms with Gasteiger partial charge in [0.25, 0.3) is 0 Å². The molecule has 3 aromatic rings. The third-order valence-corrected chi connectivity index (χ3v) is 4.39. The van der Waals surface area contributed by atoms with Crippen LogP contribution in [0.25, 0.3) is 11.0 Å². The van der Waals surface area contributed by atoms with Crippen LogP contribution in [0.4, 0.5) is 10.5 Å². The second-order valence-corrected chi connectivity index (χ2v) is 6.04. The average Bonchev–Trinajstić information content (AvgIpc) is 3.32. The number of aromatic nitrogens is 2. The van der Waals surface area contributed by atoms with E-state index in [1.165, 1.54) is 0 Å². The lowest BCUT2D eigenvalue weighted by molar-refractivity contribution is 0.111. The number of amides is 2. The number of hydrogen-bond acceptors (Lipinski definition) is 6. The predicted molar refractivity (Wildman–Crippen MR) is 89.1 cm³/mol. The zero-order valence-corrected chi connectivity index (χ0v) is 13.9. The second-order valence-electron chi connectivity index (χ2n) is 6.04. The Bertz CT molecular complexity index is 903. The molecule has 2 aromatic heterocycles. The van der Waals surface area contributed by atoms with Gasteiger partial charge in [-0.05, 0) is 25.1 Å². The van der Waals surface area contributed by atoms with Crippen molar-refractivity contribution < 1.29 is 18.5 Å². The fraction of sp³-hybridized carbons (Fsp3) is 0.353. The van der Waals surface area contributed by atoms with Crippen molar-refractivity contribution in [3.8, 4) is 0 Å². The molecule has 1 fully saturated rings. The number of rotatable bonds is 3. The number of furan rings is 1. The minimum atomic E-state index is -0.307. The van der Waals surface area contributed by atoms with Gasteiger partial charge in [-0.25, -0.2) is 4.79 Å². The molecule has 130 valence electrons. The number of hydrogen-bond donors (Lipinski definition) is 1. The number of ether oxygens (including phenoxy) is 1. The molecule has 0 unspecified atom stereocenters. The molecule has 0 aliphatic carbocycles. The third kappa shape index (κ3) is 2.96. The summed E-state index contributed by atoms with van der Waals surface area (Å²) in [6.45, 7) is 2.20. The summed E-state index contributed by atoms with van der Waals surface area (Å²) in [5.41, 5.74) is 1.38. The highest BCUT2D eigenvalue weighted by Gasteiger charge is 2.39. The van der Waals surface area contributed by atoms with Gasteiger partial charge in [-0.1, -0.05) is 5.16 Å². The van der Waals surface area contributed by atoms with E-state index in [1.807, 2.05) is 18.2 Å². The lowest BCUT2D eigenvalue weighted by Gasteiger charge is -2.22. The number of likely N-dealkylation sites (tertiary alicyclic amines) is 1. The Morgan fingerprint density at radius 1 is 1.40 bits per heavy atom. The molecule has 0 bridgehead atoms. The van der Waals surface area contributed by atoms with Crippen molar-refractivity contribution in [1.82, 2.24) is 15.0 Å². The summed E-state index contributed by atoms with van der Waals surface area (Å²) in [6.07, 6.45) is 2.16. The Hall–Kier alpha value is -2.87. The fourth-order valence-electron chi connectivity index (χ4n) is 3.10. The van der Waals surface area contributed by atoms with Gasteiger partial charge in [0.15, 0.2) is 5.82 Å². The first kappa shape index (κ1) is 15.6. The molecule has 25 heavy (non-hydrogen) atoms. The van der Waals surface area contributed by atoms with Gasteiger partial charge >= 0.3 is 6.03 Å². The van der Waals surface area contributed by atoms with Gasteiger partial charge in [0, 0.05) is 37.2 Å². The summed E-state index contributed by atoms with van der Waals surface area (Å²) in [7, 11) is 1.63. The van der Waals surface area contributed by atoms with Gasteiger partial charge in [-0.2, -0.15) is 4.98 Å². The number of carbonyl (C=O) groups is 1. The van der Waals surface area contributed by atoms with E-state index in [0.29, 0.717) is 30.4 Å². The summed E-state index contributed by atoms with van der Waals surface area (Å²) in [5.74, 6) is 0.966. The van der Waals surface area contributed by atoms with Gasteiger partial charge in [0.2, 0.25) is 5.89 Å². The number of aryl methyl sites for hydroxylation is 1. The minimum Gasteiger partial charge on any atom is -0.464 e. The highest BCUT2D eigenvalue weighted by molar-refractivity contribution is 5.92. The van der Waals surface area contributed by atoms with Gasteiger partial charge < -0.3 is 23.9 Å². The molecule has 3 heterocycles. The van der Waals surface area contributed by atoms with E-state index >= 15 is 0 Å². The topological polar surface area (TPSA) is 93.6 Å². The highest BCUT2D eigenvalue weighted by Crippen LogP contribution is 2.33. The van der Waals surface area contributed by atoms with Gasteiger partial charge in [-0.3, -0.25) is 0 Å². The Kier molecular flexibility index (Phi) is 3.89. The Morgan fingerprint density at radius 2 is 2.28 bits per heavy atom. The number of nitrogens with zero attached hydrogens (tertiary/aromatic N) is 3. The second kappa shape index (κ2) is 6.21. The molecule has 0 radical (unpaired) electrons. The quantitative estimate of drug-likeness (QED) is 0.786. The SMILES string of the molecule is CO[C@H]1C[C@H](c2nc(C)no2)N(C(=O)Nc2ccc3ccoc3c2)C1. The molecule has 1 aromatic carbocycles. The van der Waals surface area contributed by atoms with Crippen LogP contribution in [0.3, 0.4) is 0 Å². The maximum Gasteiger partial charge on any atom is 0.322 e. The average molecular weight is 342 g/mol. The van der Waals surface area contributed by atoms with E-state index in [9.17, 15) is 4.79 Å². The highest BCUT2D eigenvalue weighted by atomic mass is 16.5. The van der Waals surface area contributed by atoms with Crippen LogP contribution >= 0.6 is 0 Å². The van der Waals surface area contributed by atoms with E-state index in [2.05, 4.69) is 15.5 Å². The first-order valence-electron chi connectivity index (χ1n) is 8.02. The molecule has 8 heteroatoms. The summed E-state index contributed by atoms with van der Waals surface area (Å²) in [4.78, 5) is 18.7. The van der Waals surface area contributed by atoms with Gasteiger partial charge in [0.05, 0.1) is 12.4 Å². The number of methoxy groups -OCH3 is 1. The van der Waals surface area contributed by atoms with Crippen LogP contribution in [-0.4, -0.2) is 40.8 Å². The van der Waals surface area contributed by atoms with Crippen LogP contribution < -0.4 is 5.32 Å². The molecule has 8 nitrogen and oxygen atoms in total. The van der Waals surface area contributed by atoms with Crippen molar-refractivity contribution in [3.63, 3.8) is 0 Å². The molecule has 0 saturated carbocycles. The van der Waals surface area contributed by atoms with E-state index in [0.717, 1.165) is 11.0 Å². The van der Waals surface area contributed by atoms with Crippen LogP contribution in [0, 0.1) is 6.92 Å². The van der Waals surface area contributed by atoms with Crippen LogP contribution in [0.15, 0.2) is 39.5 Å². The van der Waals surface area contributed by atoms with Crippen molar-refractivity contribution in [2.45, 2.75) is 25.5 Å². The minimum absolute atomic E-state index is 0.0736. The molecule has 1 aliphatic heterocycles. The predicted octanol–water partition coefficient (Wildman–Crippen LogP) is 3.12. The monoisotopic (exact) mass is 342 g/mol. The number of carbonyl (C=O) groups excluding carboxylic acids is 1. The smallest absolute Gasteiger partial charge is 0.322 e. The molecule has 1 aliphatic rings. The van der Waals surface area contributed by atoms with Crippen LogP contribution in [-0.2, 0) is 4.74 Å². The van der Waals surface area contributed by atoms with Crippen molar-refractivity contribution in [3.05, 3.63) is 42.2 Å². The van der Waals surface area contributed by atoms with Crippen molar-refractivity contribution in [2.75, 3.05) is 19.0 Å². The molecule has 2 atom stereocenters. The molecule has 2 amide bonds. The molecular formula is C17H18N4O4. The number of benzene rings is 1. The van der Waals surface area contributed by atoms with Crippen LogP contribution in [0.2, 0.25) is 0 Å². The Labute approximate surface area is 143 Å². The maximum absolute atomic E-state index is 12.8. The molecule has 1 saturated heterocycles. The number of nitrogens with one attached hydrogen (secondary N) is 1. The first-order valence-corrected chi connectivity index (χ1v) is 8.02. The van der Waals surface area contributed by atoms with E-state index < -0.39 is 0 Å². The van der Waals surface area contributed by atoms with E-state index in [4.69, 9.17) is 13.7 Å². The third-order valence-electron chi connectivity index (χ3n) is 4.39. The molecule has 4 rings (SSSR count). The lowest BCUT2D eigenvalue weighted by atomic mass is 10.2. The van der Waals surface area contributed by atoms with Crippen molar-refractivity contribution in [2.24, 2.45) is 0 Å². The summed E-state index contributed by atoms with van der Waals surface area (Å²) < 4.78 is 16.1. The zero-order chi connectivity index (χ0) is 17.4. The largest absolute Gasteiger partial charge is 0.464 e. The zero-order valence-electron chi connectivity index (χ0n) is 13.9. The van der Waals surface area contributed by atoms with E-state index in [1.54, 1.807) is 31.3 Å². The van der Waals surface area contributed by atoms with Crippen LogP contribution in [0.5, 0.6) is 0 Å². The van der Waals surface area contributed by atoms with Crippen molar-refractivity contribution in [1.29, 1.82) is 0 Å². The number of urea groups is 1. The summed E-state index contributed by atoms with van der Waals surface area (Å²) in [5, 5.41) is 7.70. The summed E-state index contributed by atoms with van der Waals surface area (Å²) >= 11 is 0. The fourth-order valence-corrected chi connectivity index (χ4v) is 3.10. The van der Waals surface area contributed by atoms with Crippen molar-refractivity contribution >= 4 is 22.7 Å². The molecular weight excluding hydrogens is 324 g/mol. The lowest BCUT2D eigenvalue weighted by Crippen LogP contribution is -2.35. The maximum atomic E-state index is 12.8. The van der Waals surface area contributed by atoms with Gasteiger partial charge in [0.1, 0.15) is 11.6 Å². The standard InChI is InChI=1S/C17H18N4O4/c1-10-18-16(25-20-10)14-8-13(23-2)9-21(14)17(22)19-12-4-3-11-5-6-24-15(11)7-12/h3-7,13-14H,8-9H2,1-2H3,(H,19,22)/t13-,14+/m0/s1. The molecule has 0 spiro atoms. The number of fused-ring (bicyclic) bond motifs is 1. The number of anilines is 1. The van der Waals surface area contributed by atoms with Gasteiger partial charge in [-0.15, -0.1) is 0 Å². The van der Waals surface area contributed by atoms with E-state index in [-0.39, 0.29) is 18.2 Å².